The predicted octanol–water partition coefficient (Wildman–Crippen LogP) is 4.86. The lowest BCUT2D eigenvalue weighted by molar-refractivity contribution is -0.137. The Kier molecular flexibility index (Phi) is 6.95. The molecule has 3 nitrogen and oxygen atoms in total. The Morgan fingerprint density at radius 1 is 1.30 bits per heavy atom. The highest BCUT2D eigenvalue weighted by Crippen LogP contribution is 2.39. The zero-order chi connectivity index (χ0) is 16.7. The van der Waals surface area contributed by atoms with Crippen molar-refractivity contribution in [3.63, 3.8) is 0 Å². The molecule has 0 spiro atoms. The van der Waals surface area contributed by atoms with Crippen LogP contribution in [-0.4, -0.2) is 16.9 Å². The first-order chi connectivity index (χ1) is 10.9. The minimum atomic E-state index is -4.39. The van der Waals surface area contributed by atoms with Crippen molar-refractivity contribution in [1.29, 1.82) is 0 Å². The molecule has 0 saturated carbocycles. The van der Waals surface area contributed by atoms with Crippen molar-refractivity contribution in [2.24, 2.45) is 0 Å². The molecule has 1 atom stereocenters. The van der Waals surface area contributed by atoms with E-state index in [1.54, 1.807) is 0 Å². The Balaban J connectivity index is 1.65. The topological polar surface area (TPSA) is 41.1 Å². The summed E-state index contributed by atoms with van der Waals surface area (Å²) < 4.78 is 37.7. The van der Waals surface area contributed by atoms with Gasteiger partial charge in [0, 0.05) is 17.4 Å². The maximum Gasteiger partial charge on any atom is 0.416 e. The van der Waals surface area contributed by atoms with E-state index in [1.807, 2.05) is 21.6 Å². The highest BCUT2D eigenvalue weighted by Gasteiger charge is 2.30. The number of hydrogen-bond acceptors (Lipinski definition) is 4. The van der Waals surface area contributed by atoms with Gasteiger partial charge in [-0.3, -0.25) is 15.6 Å². The van der Waals surface area contributed by atoms with Crippen molar-refractivity contribution in [2.45, 2.75) is 43.5 Å². The summed E-state index contributed by atoms with van der Waals surface area (Å²) in [7, 11) is 3.83. The molecule has 2 N–H and O–H groups in total. The number of unbranched alkanes of at least 4 members (excludes halogenated alkanes) is 1. The van der Waals surface area contributed by atoms with Gasteiger partial charge < -0.3 is 0 Å². The molecular weight excluding hydrogens is 345 g/mol. The summed E-state index contributed by atoms with van der Waals surface area (Å²) in [5.41, 5.74) is 4.44. The molecule has 2 rings (SSSR count). The summed E-state index contributed by atoms with van der Waals surface area (Å²) in [6.45, 7) is 0. The molecule has 0 aromatic heterocycles. The summed E-state index contributed by atoms with van der Waals surface area (Å²) in [6, 6.07) is 4.74. The van der Waals surface area contributed by atoms with Crippen molar-refractivity contribution in [3.05, 3.63) is 29.8 Å². The second kappa shape index (κ2) is 8.73. The van der Waals surface area contributed by atoms with Gasteiger partial charge >= 0.3 is 6.18 Å². The van der Waals surface area contributed by atoms with Crippen LogP contribution in [0, 0.1) is 0 Å². The van der Waals surface area contributed by atoms with Crippen molar-refractivity contribution >= 4 is 33.2 Å². The van der Waals surface area contributed by atoms with Gasteiger partial charge in [-0.1, -0.05) is 34.1 Å². The number of anilines is 1. The molecular formula is C15H19F3N2OS2. The van der Waals surface area contributed by atoms with Crippen LogP contribution < -0.4 is 10.9 Å². The van der Waals surface area contributed by atoms with Crippen LogP contribution in [0.1, 0.15) is 37.7 Å². The van der Waals surface area contributed by atoms with Gasteiger partial charge in [0.25, 0.3) is 0 Å². The zero-order valence-corrected chi connectivity index (χ0v) is 14.1. The van der Waals surface area contributed by atoms with E-state index in [1.165, 1.54) is 24.3 Å². The van der Waals surface area contributed by atoms with Crippen LogP contribution >= 0.6 is 21.6 Å². The molecule has 1 aliphatic heterocycles. The van der Waals surface area contributed by atoms with Gasteiger partial charge in [0.15, 0.2) is 0 Å². The fourth-order valence-corrected chi connectivity index (χ4v) is 5.23. The molecule has 1 unspecified atom stereocenters. The van der Waals surface area contributed by atoms with Crippen LogP contribution in [0.3, 0.4) is 0 Å². The standard InChI is InChI=1S/C15H19F3N2OS2/c16-15(17,18)11-4-3-5-12(10-11)19-20-14(21)7-2-1-6-13-8-9-22-23-13/h3-5,10,13,19H,1-2,6-9H2,(H,20,21). The number of hydrazine groups is 1. The highest BCUT2D eigenvalue weighted by atomic mass is 33.1. The van der Waals surface area contributed by atoms with Crippen LogP contribution in [0.5, 0.6) is 0 Å². The van der Waals surface area contributed by atoms with Crippen LogP contribution in [0.25, 0.3) is 0 Å². The quantitative estimate of drug-likeness (QED) is 0.412. The van der Waals surface area contributed by atoms with Crippen molar-refractivity contribution in [3.8, 4) is 0 Å². The van der Waals surface area contributed by atoms with E-state index in [0.717, 1.165) is 31.4 Å². The van der Waals surface area contributed by atoms with Crippen LogP contribution in [0.4, 0.5) is 18.9 Å². The Bertz CT molecular complexity index is 520. The minimum Gasteiger partial charge on any atom is -0.299 e. The summed E-state index contributed by atoms with van der Waals surface area (Å²) in [5.74, 6) is 0.993. The van der Waals surface area contributed by atoms with E-state index >= 15 is 0 Å². The molecule has 0 aliphatic carbocycles. The average Bonchev–Trinajstić information content (AvgIpc) is 3.02. The average molecular weight is 364 g/mol. The Morgan fingerprint density at radius 2 is 2.13 bits per heavy atom. The first kappa shape index (κ1) is 18.3. The van der Waals surface area contributed by atoms with Gasteiger partial charge in [-0.15, -0.1) is 0 Å². The molecule has 0 radical (unpaired) electrons. The number of rotatable bonds is 7. The van der Waals surface area contributed by atoms with Gasteiger partial charge in [0.05, 0.1) is 11.3 Å². The third-order valence-corrected chi connectivity index (χ3v) is 6.45. The van der Waals surface area contributed by atoms with Crippen LogP contribution in [0.15, 0.2) is 24.3 Å². The summed E-state index contributed by atoms with van der Waals surface area (Å²) in [6.07, 6.45) is 0.117. The van der Waals surface area contributed by atoms with Crippen molar-refractivity contribution in [2.75, 3.05) is 11.2 Å². The molecule has 0 bridgehead atoms. The number of alkyl halides is 3. The number of amides is 1. The van der Waals surface area contributed by atoms with Gasteiger partial charge in [-0.2, -0.15) is 13.2 Å². The molecule has 23 heavy (non-hydrogen) atoms. The van der Waals surface area contributed by atoms with Crippen LogP contribution in [0.2, 0.25) is 0 Å². The third kappa shape index (κ3) is 6.55. The fourth-order valence-electron chi connectivity index (χ4n) is 2.20. The molecule has 1 saturated heterocycles. The lowest BCUT2D eigenvalue weighted by atomic mass is 10.1. The minimum absolute atomic E-state index is 0.212. The molecule has 1 aromatic rings. The zero-order valence-electron chi connectivity index (χ0n) is 12.5. The number of carbonyl (C=O) groups is 1. The molecule has 1 aromatic carbocycles. The van der Waals surface area contributed by atoms with Gasteiger partial charge in [0.1, 0.15) is 0 Å². The third-order valence-electron chi connectivity index (χ3n) is 3.44. The largest absolute Gasteiger partial charge is 0.416 e. The Morgan fingerprint density at radius 3 is 2.83 bits per heavy atom. The second-order valence-electron chi connectivity index (χ2n) is 5.33. The highest BCUT2D eigenvalue weighted by molar-refractivity contribution is 8.77. The number of nitrogens with one attached hydrogen (secondary N) is 2. The smallest absolute Gasteiger partial charge is 0.299 e. The number of hydrogen-bond donors (Lipinski definition) is 2. The number of benzene rings is 1. The van der Waals surface area contributed by atoms with E-state index in [-0.39, 0.29) is 11.6 Å². The predicted molar refractivity (Wildman–Crippen MR) is 90.1 cm³/mol. The lowest BCUT2D eigenvalue weighted by Crippen LogP contribution is -2.29. The Labute approximate surface area is 141 Å². The van der Waals surface area contributed by atoms with E-state index in [4.69, 9.17) is 0 Å². The van der Waals surface area contributed by atoms with Gasteiger partial charge in [-0.25, -0.2) is 0 Å². The molecule has 1 fully saturated rings. The number of carbonyl (C=O) groups excluding carboxylic acids is 1. The SMILES string of the molecule is O=C(CCCCC1CCSS1)NNc1cccc(C(F)(F)F)c1. The molecule has 1 amide bonds. The maximum atomic E-state index is 12.6. The Hall–Kier alpha value is -1.02. The number of halogens is 3. The summed E-state index contributed by atoms with van der Waals surface area (Å²) in [4.78, 5) is 11.7. The maximum absolute atomic E-state index is 12.6. The van der Waals surface area contributed by atoms with Gasteiger partial charge in [0.2, 0.25) is 5.91 Å². The molecule has 128 valence electrons. The van der Waals surface area contributed by atoms with E-state index in [9.17, 15) is 18.0 Å². The fraction of sp³-hybridized carbons (Fsp3) is 0.533. The molecule has 8 heteroatoms. The first-order valence-electron chi connectivity index (χ1n) is 7.45. The van der Waals surface area contributed by atoms with Crippen molar-refractivity contribution in [1.82, 2.24) is 5.43 Å². The molecule has 1 aliphatic rings. The van der Waals surface area contributed by atoms with Crippen molar-refractivity contribution < 1.29 is 18.0 Å². The summed E-state index contributed by atoms with van der Waals surface area (Å²) in [5, 5.41) is 0.700. The summed E-state index contributed by atoms with van der Waals surface area (Å²) >= 11 is 0. The first-order valence-corrected chi connectivity index (χ1v) is 9.84. The normalized spacial score (nSPS) is 18.0. The lowest BCUT2D eigenvalue weighted by Gasteiger charge is -2.11. The van der Waals surface area contributed by atoms with Gasteiger partial charge in [-0.05, 0) is 37.5 Å². The monoisotopic (exact) mass is 364 g/mol. The van der Waals surface area contributed by atoms with E-state index < -0.39 is 11.7 Å². The second-order valence-corrected chi connectivity index (χ2v) is 8.11. The van der Waals surface area contributed by atoms with Crippen LogP contribution in [-0.2, 0) is 11.0 Å². The van der Waals surface area contributed by atoms with E-state index in [0.29, 0.717) is 11.7 Å². The van der Waals surface area contributed by atoms with E-state index in [2.05, 4.69) is 10.9 Å². The molecule has 1 heterocycles.